The van der Waals surface area contributed by atoms with Crippen LogP contribution in [-0.2, 0) is 20.0 Å². The molecular formula is C6H6ClN2O5S2-. The zero-order valence-corrected chi connectivity index (χ0v) is 9.93. The quantitative estimate of drug-likeness (QED) is 0.694. The van der Waals surface area contributed by atoms with Gasteiger partial charge in [-0.05, 0) is 12.1 Å². The van der Waals surface area contributed by atoms with Crippen LogP contribution in [0.25, 0.3) is 0 Å². The topological polar surface area (TPSA) is 143 Å². The molecule has 0 aliphatic rings. The van der Waals surface area contributed by atoms with Crippen molar-refractivity contribution in [1.29, 1.82) is 0 Å². The Kier molecular flexibility index (Phi) is 3.18. The summed E-state index contributed by atoms with van der Waals surface area (Å²) in [5.41, 5.74) is 0. The predicted molar refractivity (Wildman–Crippen MR) is 53.6 cm³/mol. The van der Waals surface area contributed by atoms with Crippen molar-refractivity contribution < 1.29 is 21.9 Å². The van der Waals surface area contributed by atoms with E-state index in [2.05, 4.69) is 0 Å². The van der Waals surface area contributed by atoms with E-state index < -0.39 is 40.6 Å². The summed E-state index contributed by atoms with van der Waals surface area (Å²) in [6.45, 7) is 0. The molecule has 1 rings (SSSR count). The van der Waals surface area contributed by atoms with Crippen LogP contribution in [0.1, 0.15) is 0 Å². The van der Waals surface area contributed by atoms with Crippen LogP contribution in [-0.4, -0.2) is 16.8 Å². The fourth-order valence-electron chi connectivity index (χ4n) is 0.920. The zero-order chi connectivity index (χ0) is 12.7. The molecule has 16 heavy (non-hydrogen) atoms. The summed E-state index contributed by atoms with van der Waals surface area (Å²) in [4.78, 5) is -1.51. The highest BCUT2D eigenvalue weighted by atomic mass is 35.5. The maximum absolute atomic E-state index is 11.3. The molecule has 0 saturated carbocycles. The average molecular weight is 286 g/mol. The third kappa shape index (κ3) is 2.62. The van der Waals surface area contributed by atoms with E-state index in [-0.39, 0.29) is 0 Å². The number of rotatable bonds is 2. The van der Waals surface area contributed by atoms with Crippen molar-refractivity contribution in [2.24, 2.45) is 10.3 Å². The van der Waals surface area contributed by atoms with Crippen LogP contribution in [0.3, 0.4) is 0 Å². The first-order valence-corrected chi connectivity index (χ1v) is 7.06. The lowest BCUT2D eigenvalue weighted by Gasteiger charge is -2.14. The summed E-state index contributed by atoms with van der Waals surface area (Å²) in [6.07, 6.45) is 0. The van der Waals surface area contributed by atoms with Gasteiger partial charge in [-0.15, -0.1) is 0 Å². The standard InChI is InChI=1S/C6H7ClN2O5S2/c7-4-1-3(15(8,11)12)2-5(6(4)10)16(9,13)14/h1-2,10H,(H2,8,11,12)(H2,9,13,14)/p-1. The maximum Gasteiger partial charge on any atom is 0.238 e. The third-order valence-corrected chi connectivity index (χ3v) is 3.71. The van der Waals surface area contributed by atoms with Gasteiger partial charge in [0.25, 0.3) is 0 Å². The number of primary sulfonamides is 2. The Bertz CT molecular complexity index is 637. The molecule has 10 heteroatoms. The van der Waals surface area contributed by atoms with E-state index in [4.69, 9.17) is 21.9 Å². The molecule has 0 heterocycles. The fourth-order valence-corrected chi connectivity index (χ4v) is 2.56. The monoisotopic (exact) mass is 285 g/mol. The molecule has 0 fully saturated rings. The molecule has 0 saturated heterocycles. The Morgan fingerprint density at radius 1 is 1.06 bits per heavy atom. The van der Waals surface area contributed by atoms with E-state index in [1.807, 2.05) is 0 Å². The van der Waals surface area contributed by atoms with Crippen LogP contribution < -0.4 is 15.4 Å². The highest BCUT2D eigenvalue weighted by molar-refractivity contribution is 7.90. The fraction of sp³-hybridized carbons (Fsp3) is 0. The SMILES string of the molecule is NS(=O)(=O)c1cc(Cl)c([O-])c(S(N)(=O)=O)c1. The van der Waals surface area contributed by atoms with E-state index in [1.165, 1.54) is 0 Å². The van der Waals surface area contributed by atoms with E-state index >= 15 is 0 Å². The Balaban J connectivity index is 3.72. The molecule has 0 unspecified atom stereocenters. The van der Waals surface area contributed by atoms with Gasteiger partial charge in [0.15, 0.2) is 0 Å². The average Bonchev–Trinajstić information content (AvgIpc) is 2.05. The number of benzene rings is 1. The van der Waals surface area contributed by atoms with Gasteiger partial charge < -0.3 is 5.11 Å². The van der Waals surface area contributed by atoms with E-state index in [1.54, 1.807) is 0 Å². The summed E-state index contributed by atoms with van der Waals surface area (Å²) in [6, 6.07) is 1.33. The van der Waals surface area contributed by atoms with Crippen LogP contribution in [0.15, 0.2) is 21.9 Å². The molecule has 0 aromatic heterocycles. The minimum absolute atomic E-state index is 0.568. The lowest BCUT2D eigenvalue weighted by molar-refractivity contribution is -0.272. The van der Waals surface area contributed by atoms with Crippen LogP contribution in [0.4, 0.5) is 0 Å². The molecule has 0 spiro atoms. The van der Waals surface area contributed by atoms with Crippen molar-refractivity contribution in [3.63, 3.8) is 0 Å². The molecular weight excluding hydrogens is 280 g/mol. The van der Waals surface area contributed by atoms with Gasteiger partial charge in [0, 0.05) is 5.02 Å². The normalized spacial score (nSPS) is 12.7. The second kappa shape index (κ2) is 3.86. The summed E-state index contributed by atoms with van der Waals surface area (Å²) < 4.78 is 43.9. The van der Waals surface area contributed by atoms with Gasteiger partial charge in [-0.1, -0.05) is 17.4 Å². The van der Waals surface area contributed by atoms with Crippen molar-refractivity contribution >= 4 is 31.6 Å². The summed E-state index contributed by atoms with van der Waals surface area (Å²) >= 11 is 5.38. The third-order valence-electron chi connectivity index (χ3n) is 1.62. The maximum atomic E-state index is 11.3. The number of nitrogens with two attached hydrogens (primary N) is 2. The number of sulfonamides is 2. The van der Waals surface area contributed by atoms with Gasteiger partial charge >= 0.3 is 0 Å². The second-order valence-electron chi connectivity index (χ2n) is 2.82. The molecule has 7 nitrogen and oxygen atoms in total. The first-order valence-electron chi connectivity index (χ1n) is 3.59. The first-order chi connectivity index (χ1) is 7.03. The van der Waals surface area contributed by atoms with Crippen LogP contribution in [0.5, 0.6) is 5.75 Å². The molecule has 1 aromatic carbocycles. The van der Waals surface area contributed by atoms with Crippen LogP contribution in [0.2, 0.25) is 5.02 Å². The van der Waals surface area contributed by atoms with Gasteiger partial charge in [0.1, 0.15) is 0 Å². The van der Waals surface area contributed by atoms with Crippen molar-refractivity contribution in [3.05, 3.63) is 17.2 Å². The summed E-state index contributed by atoms with van der Waals surface area (Å²) in [5, 5.41) is 20.2. The Hall–Kier alpha value is -0.870. The van der Waals surface area contributed by atoms with E-state index in [0.717, 1.165) is 6.07 Å². The molecule has 0 aliphatic carbocycles. The molecule has 90 valence electrons. The lowest BCUT2D eigenvalue weighted by Crippen LogP contribution is -2.18. The van der Waals surface area contributed by atoms with Crippen molar-refractivity contribution in [3.8, 4) is 5.75 Å². The van der Waals surface area contributed by atoms with E-state index in [9.17, 15) is 21.9 Å². The second-order valence-corrected chi connectivity index (χ2v) is 6.32. The van der Waals surface area contributed by atoms with Gasteiger partial charge in [-0.3, -0.25) is 0 Å². The molecule has 0 radical (unpaired) electrons. The molecule has 4 N–H and O–H groups in total. The van der Waals surface area contributed by atoms with Crippen LogP contribution >= 0.6 is 11.6 Å². The zero-order valence-electron chi connectivity index (χ0n) is 7.55. The minimum Gasteiger partial charge on any atom is -0.871 e. The number of hydrogen-bond acceptors (Lipinski definition) is 5. The lowest BCUT2D eigenvalue weighted by atomic mass is 10.3. The molecule has 0 aliphatic heterocycles. The molecule has 0 atom stereocenters. The number of hydrogen-bond donors (Lipinski definition) is 2. The summed E-state index contributed by atoms with van der Waals surface area (Å²) in [5.74, 6) is -1.07. The predicted octanol–water partition coefficient (Wildman–Crippen LogP) is -1.29. The van der Waals surface area contributed by atoms with Gasteiger partial charge in [-0.25, -0.2) is 27.1 Å². The summed E-state index contributed by atoms with van der Waals surface area (Å²) in [7, 11) is -8.52. The highest BCUT2D eigenvalue weighted by Gasteiger charge is 2.17. The van der Waals surface area contributed by atoms with Crippen molar-refractivity contribution in [1.82, 2.24) is 0 Å². The largest absolute Gasteiger partial charge is 0.871 e. The van der Waals surface area contributed by atoms with Gasteiger partial charge in [0.2, 0.25) is 20.0 Å². The Morgan fingerprint density at radius 3 is 1.94 bits per heavy atom. The van der Waals surface area contributed by atoms with E-state index in [0.29, 0.717) is 6.07 Å². The first kappa shape index (κ1) is 13.2. The van der Waals surface area contributed by atoms with Crippen molar-refractivity contribution in [2.45, 2.75) is 9.79 Å². The van der Waals surface area contributed by atoms with Crippen LogP contribution in [0, 0.1) is 0 Å². The van der Waals surface area contributed by atoms with Crippen molar-refractivity contribution in [2.75, 3.05) is 0 Å². The van der Waals surface area contributed by atoms with Gasteiger partial charge in [-0.2, -0.15) is 0 Å². The molecule has 1 aromatic rings. The molecule has 0 amide bonds. The molecule has 0 bridgehead atoms. The van der Waals surface area contributed by atoms with Gasteiger partial charge in [0.05, 0.1) is 9.79 Å². The highest BCUT2D eigenvalue weighted by Crippen LogP contribution is 2.30. The smallest absolute Gasteiger partial charge is 0.238 e. The minimum atomic E-state index is -4.36. The Labute approximate surface area is 96.7 Å². The number of halogens is 1. The Morgan fingerprint density at radius 2 is 1.56 bits per heavy atom.